The van der Waals surface area contributed by atoms with Crippen LogP contribution in [0, 0.1) is 6.92 Å². The van der Waals surface area contributed by atoms with Gasteiger partial charge in [-0.15, -0.1) is 0 Å². The number of benzene rings is 2. The lowest BCUT2D eigenvalue weighted by Crippen LogP contribution is -2.37. The molecule has 1 aliphatic heterocycles. The summed E-state index contributed by atoms with van der Waals surface area (Å²) in [7, 11) is 0. The van der Waals surface area contributed by atoms with Crippen molar-refractivity contribution >= 4 is 34.8 Å². The largest absolute Gasteiger partial charge is 0.374 e. The molecule has 0 amide bonds. The zero-order chi connectivity index (χ0) is 22.6. The average Bonchev–Trinajstić information content (AvgIpc) is 3.39. The molecule has 0 aliphatic carbocycles. The highest BCUT2D eigenvalue weighted by Crippen LogP contribution is 2.35. The zero-order valence-electron chi connectivity index (χ0n) is 17.8. The van der Waals surface area contributed by atoms with Gasteiger partial charge >= 0.3 is 0 Å². The van der Waals surface area contributed by atoms with Crippen molar-refractivity contribution < 1.29 is 14.2 Å². The van der Waals surface area contributed by atoms with Gasteiger partial charge in [0.1, 0.15) is 6.10 Å². The van der Waals surface area contributed by atoms with Crippen LogP contribution in [0.5, 0.6) is 0 Å². The van der Waals surface area contributed by atoms with Crippen LogP contribution in [0.3, 0.4) is 0 Å². The number of nitrogens with zero attached hydrogens (tertiary/aromatic N) is 2. The Hall–Kier alpha value is -1.60. The van der Waals surface area contributed by atoms with Crippen LogP contribution in [0.4, 0.5) is 0 Å². The Morgan fingerprint density at radius 1 is 1.16 bits per heavy atom. The highest BCUT2D eigenvalue weighted by Gasteiger charge is 2.42. The Morgan fingerprint density at radius 3 is 2.59 bits per heavy atom. The third-order valence-electron chi connectivity index (χ3n) is 5.45. The van der Waals surface area contributed by atoms with Crippen LogP contribution in [0.1, 0.15) is 23.1 Å². The van der Waals surface area contributed by atoms with E-state index in [-0.39, 0.29) is 6.10 Å². The zero-order valence-corrected chi connectivity index (χ0v) is 20.0. The first-order valence-electron chi connectivity index (χ1n) is 10.5. The summed E-state index contributed by atoms with van der Waals surface area (Å²) in [6.45, 7) is 4.00. The predicted octanol–water partition coefficient (Wildman–Crippen LogP) is 6.11. The molecule has 2 aromatic carbocycles. The van der Waals surface area contributed by atoms with Crippen LogP contribution < -0.4 is 0 Å². The van der Waals surface area contributed by atoms with Crippen LogP contribution in [0.25, 0.3) is 0 Å². The molecule has 8 heteroatoms. The van der Waals surface area contributed by atoms with Gasteiger partial charge in [0.15, 0.2) is 5.79 Å². The minimum atomic E-state index is -0.828. The van der Waals surface area contributed by atoms with Crippen molar-refractivity contribution in [3.8, 4) is 0 Å². The van der Waals surface area contributed by atoms with Gasteiger partial charge in [0.05, 0.1) is 32.7 Å². The molecule has 2 atom stereocenters. The van der Waals surface area contributed by atoms with Gasteiger partial charge in [0, 0.05) is 33.9 Å². The third kappa shape index (κ3) is 6.04. The minimum Gasteiger partial charge on any atom is -0.374 e. The SMILES string of the molecule is Cc1ccc(COCC2COC(CCc3c(Cl)cc(Cl)cc3Cl)(Cn3ccnc3)O2)cc1. The smallest absolute Gasteiger partial charge is 0.187 e. The van der Waals surface area contributed by atoms with Crippen LogP contribution in [-0.2, 0) is 33.8 Å². The number of aryl methyl sites for hydroxylation is 1. The summed E-state index contributed by atoms with van der Waals surface area (Å²) in [5.41, 5.74) is 3.19. The fraction of sp³-hybridized carbons (Fsp3) is 0.375. The lowest BCUT2D eigenvalue weighted by Gasteiger charge is -2.29. The lowest BCUT2D eigenvalue weighted by molar-refractivity contribution is -0.187. The maximum atomic E-state index is 6.40. The first-order valence-corrected chi connectivity index (χ1v) is 11.6. The summed E-state index contributed by atoms with van der Waals surface area (Å²) in [6, 6.07) is 11.7. The van der Waals surface area contributed by atoms with Crippen molar-refractivity contribution in [3.63, 3.8) is 0 Å². The lowest BCUT2D eigenvalue weighted by atomic mass is 10.0. The van der Waals surface area contributed by atoms with Gasteiger partial charge < -0.3 is 18.8 Å². The first-order chi connectivity index (χ1) is 15.4. The van der Waals surface area contributed by atoms with Crippen LogP contribution in [-0.4, -0.2) is 34.7 Å². The van der Waals surface area contributed by atoms with Crippen molar-refractivity contribution in [3.05, 3.63) is 86.9 Å². The molecule has 32 heavy (non-hydrogen) atoms. The molecule has 0 N–H and O–H groups in total. The van der Waals surface area contributed by atoms with Crippen molar-refractivity contribution in [2.75, 3.05) is 13.2 Å². The Balaban J connectivity index is 1.40. The summed E-state index contributed by atoms with van der Waals surface area (Å²) in [6.07, 6.45) is 6.36. The maximum Gasteiger partial charge on any atom is 0.187 e. The van der Waals surface area contributed by atoms with Crippen LogP contribution >= 0.6 is 34.8 Å². The Labute approximate surface area is 203 Å². The van der Waals surface area contributed by atoms with Gasteiger partial charge in [-0.3, -0.25) is 0 Å². The minimum absolute atomic E-state index is 0.167. The van der Waals surface area contributed by atoms with Gasteiger partial charge in [-0.25, -0.2) is 4.98 Å². The van der Waals surface area contributed by atoms with Gasteiger partial charge in [0.2, 0.25) is 0 Å². The fourth-order valence-electron chi connectivity index (χ4n) is 3.77. The van der Waals surface area contributed by atoms with E-state index >= 15 is 0 Å². The number of halogens is 3. The van der Waals surface area contributed by atoms with E-state index in [9.17, 15) is 0 Å². The molecular weight excluding hydrogens is 471 g/mol. The molecule has 1 saturated heterocycles. The van der Waals surface area contributed by atoms with Crippen molar-refractivity contribution in [1.82, 2.24) is 9.55 Å². The monoisotopic (exact) mass is 494 g/mol. The molecule has 1 fully saturated rings. The van der Waals surface area contributed by atoms with E-state index in [1.165, 1.54) is 5.56 Å². The molecule has 0 radical (unpaired) electrons. The molecule has 4 rings (SSSR count). The van der Waals surface area contributed by atoms with Gasteiger partial charge in [-0.1, -0.05) is 64.6 Å². The van der Waals surface area contributed by atoms with E-state index in [4.69, 9.17) is 49.0 Å². The molecule has 0 spiro atoms. The Bertz CT molecular complexity index is 1000. The fourth-order valence-corrected chi connectivity index (χ4v) is 4.78. The number of imidazole rings is 1. The van der Waals surface area contributed by atoms with E-state index in [0.29, 0.717) is 54.3 Å². The van der Waals surface area contributed by atoms with E-state index in [1.807, 2.05) is 10.8 Å². The highest BCUT2D eigenvalue weighted by molar-refractivity contribution is 6.39. The van der Waals surface area contributed by atoms with Gasteiger partial charge in [-0.2, -0.15) is 0 Å². The summed E-state index contributed by atoms with van der Waals surface area (Å²) in [4.78, 5) is 4.13. The normalized spacial score (nSPS) is 20.7. The summed E-state index contributed by atoms with van der Waals surface area (Å²) >= 11 is 18.8. The number of hydrogen-bond donors (Lipinski definition) is 0. The molecule has 0 bridgehead atoms. The molecule has 1 aliphatic rings. The first kappa shape index (κ1) is 23.6. The summed E-state index contributed by atoms with van der Waals surface area (Å²) in [5.74, 6) is -0.828. The van der Waals surface area contributed by atoms with Crippen molar-refractivity contribution in [2.24, 2.45) is 0 Å². The van der Waals surface area contributed by atoms with E-state index in [0.717, 1.165) is 11.1 Å². The molecule has 2 heterocycles. The molecular formula is C24H25Cl3N2O3. The average molecular weight is 496 g/mol. The van der Waals surface area contributed by atoms with Crippen molar-refractivity contribution in [2.45, 2.75) is 44.8 Å². The van der Waals surface area contributed by atoms with Gasteiger partial charge in [-0.05, 0) is 36.6 Å². The third-order valence-corrected chi connectivity index (χ3v) is 6.34. The molecule has 2 unspecified atom stereocenters. The Kier molecular flexibility index (Phi) is 7.77. The Morgan fingerprint density at radius 2 is 1.91 bits per heavy atom. The van der Waals surface area contributed by atoms with Crippen LogP contribution in [0.2, 0.25) is 15.1 Å². The summed E-state index contributed by atoms with van der Waals surface area (Å²) in [5, 5.41) is 1.59. The second kappa shape index (κ2) is 10.6. The standard InChI is InChI=1S/C24H25Cl3N2O3/c1-17-2-4-18(5-3-17)12-30-13-20-14-31-24(32-20,15-29-9-8-28-16-29)7-6-21-22(26)10-19(25)11-23(21)27/h2-5,8-11,16,20H,6-7,12-15H2,1H3. The molecule has 5 nitrogen and oxygen atoms in total. The topological polar surface area (TPSA) is 45.5 Å². The van der Waals surface area contributed by atoms with E-state index in [2.05, 4.69) is 36.2 Å². The molecule has 170 valence electrons. The summed E-state index contributed by atoms with van der Waals surface area (Å²) < 4.78 is 20.5. The second-order valence-electron chi connectivity index (χ2n) is 8.05. The second-order valence-corrected chi connectivity index (χ2v) is 9.30. The quantitative estimate of drug-likeness (QED) is 0.359. The van der Waals surface area contributed by atoms with Crippen molar-refractivity contribution in [1.29, 1.82) is 0 Å². The maximum absolute atomic E-state index is 6.40. The number of hydrogen-bond acceptors (Lipinski definition) is 4. The van der Waals surface area contributed by atoms with Crippen LogP contribution in [0.15, 0.2) is 55.1 Å². The number of ether oxygens (including phenoxy) is 3. The van der Waals surface area contributed by atoms with Gasteiger partial charge in [0.25, 0.3) is 0 Å². The predicted molar refractivity (Wildman–Crippen MR) is 126 cm³/mol. The van der Waals surface area contributed by atoms with E-state index < -0.39 is 5.79 Å². The molecule has 3 aromatic rings. The highest BCUT2D eigenvalue weighted by atomic mass is 35.5. The molecule has 1 aromatic heterocycles. The number of aromatic nitrogens is 2. The van der Waals surface area contributed by atoms with E-state index in [1.54, 1.807) is 24.7 Å². The molecule has 0 saturated carbocycles. The number of rotatable bonds is 9.